The van der Waals surface area contributed by atoms with Crippen LogP contribution in [0.3, 0.4) is 0 Å². The van der Waals surface area contributed by atoms with E-state index in [4.69, 9.17) is 5.11 Å². The highest BCUT2D eigenvalue weighted by Gasteiger charge is 2.12. The molecule has 2 aromatic rings. The van der Waals surface area contributed by atoms with Crippen molar-refractivity contribution in [1.82, 2.24) is 9.71 Å². The molecule has 0 fully saturated rings. The Morgan fingerprint density at radius 1 is 1.05 bits per heavy atom. The van der Waals surface area contributed by atoms with Crippen molar-refractivity contribution in [2.75, 3.05) is 13.2 Å². The highest BCUT2D eigenvalue weighted by atomic mass is 32.2. The molecule has 112 valence electrons. The third-order valence-corrected chi connectivity index (χ3v) is 4.54. The summed E-state index contributed by atoms with van der Waals surface area (Å²) in [6.07, 6.45) is 4.52. The molecule has 2 N–H and O–H groups in total. The van der Waals surface area contributed by atoms with Crippen LogP contribution in [0, 0.1) is 0 Å². The normalized spacial score (nSPS) is 11.5. The van der Waals surface area contributed by atoms with E-state index in [0.29, 0.717) is 19.4 Å². The van der Waals surface area contributed by atoms with Gasteiger partial charge < -0.3 is 5.11 Å². The average Bonchev–Trinajstić information content (AvgIpc) is 2.49. The molecule has 0 aliphatic heterocycles. The van der Waals surface area contributed by atoms with E-state index in [1.54, 1.807) is 36.7 Å². The van der Waals surface area contributed by atoms with Crippen LogP contribution in [0.15, 0.2) is 53.7 Å². The number of aliphatic hydroxyl groups is 1. The van der Waals surface area contributed by atoms with Crippen molar-refractivity contribution in [3.05, 3.63) is 59.9 Å². The van der Waals surface area contributed by atoms with Crippen molar-refractivity contribution < 1.29 is 13.5 Å². The number of nitrogens with one attached hydrogen (secondary N) is 1. The number of nitrogens with zero attached hydrogens (tertiary/aromatic N) is 1. The van der Waals surface area contributed by atoms with E-state index < -0.39 is 10.0 Å². The summed E-state index contributed by atoms with van der Waals surface area (Å²) in [5.74, 6) is 0. The molecule has 5 nitrogen and oxygen atoms in total. The molecule has 1 aromatic heterocycles. The van der Waals surface area contributed by atoms with E-state index >= 15 is 0 Å². The van der Waals surface area contributed by atoms with E-state index in [9.17, 15) is 8.42 Å². The van der Waals surface area contributed by atoms with Gasteiger partial charge in [-0.25, -0.2) is 13.1 Å². The van der Waals surface area contributed by atoms with Crippen LogP contribution < -0.4 is 4.72 Å². The van der Waals surface area contributed by atoms with Crippen LogP contribution in [0.4, 0.5) is 0 Å². The standard InChI is InChI=1S/C15H18N2O3S/c18-11-8-13-3-5-15(6-4-13)21(19,20)17-10-7-14-2-1-9-16-12-14/h1-6,9,12,17-18H,7-8,10-11H2. The SMILES string of the molecule is O=S(=O)(NCCc1cccnc1)c1ccc(CCO)cc1. The van der Waals surface area contributed by atoms with Gasteiger partial charge in [0.15, 0.2) is 0 Å². The molecular weight excluding hydrogens is 288 g/mol. The molecule has 0 unspecified atom stereocenters. The molecule has 1 heterocycles. The van der Waals surface area contributed by atoms with Crippen molar-refractivity contribution in [1.29, 1.82) is 0 Å². The summed E-state index contributed by atoms with van der Waals surface area (Å²) < 4.78 is 26.8. The van der Waals surface area contributed by atoms with Crippen molar-refractivity contribution >= 4 is 10.0 Å². The Morgan fingerprint density at radius 3 is 2.43 bits per heavy atom. The molecule has 0 amide bonds. The minimum absolute atomic E-state index is 0.0510. The van der Waals surface area contributed by atoms with Gasteiger partial charge in [-0.15, -0.1) is 0 Å². The zero-order valence-corrected chi connectivity index (χ0v) is 12.4. The zero-order chi connectivity index (χ0) is 15.1. The molecule has 0 bridgehead atoms. The summed E-state index contributed by atoms with van der Waals surface area (Å²) in [6, 6.07) is 10.3. The summed E-state index contributed by atoms with van der Waals surface area (Å²) >= 11 is 0. The molecule has 1 aromatic carbocycles. The largest absolute Gasteiger partial charge is 0.396 e. The quantitative estimate of drug-likeness (QED) is 0.804. The second-order valence-corrected chi connectivity index (χ2v) is 6.39. The van der Waals surface area contributed by atoms with Gasteiger partial charge in [-0.05, 0) is 42.2 Å². The number of aliphatic hydroxyl groups excluding tert-OH is 1. The topological polar surface area (TPSA) is 79.3 Å². The Labute approximate surface area is 124 Å². The van der Waals surface area contributed by atoms with E-state index in [0.717, 1.165) is 11.1 Å². The van der Waals surface area contributed by atoms with Gasteiger partial charge in [0.05, 0.1) is 4.90 Å². The Morgan fingerprint density at radius 2 is 1.81 bits per heavy atom. The smallest absolute Gasteiger partial charge is 0.240 e. The number of sulfonamides is 1. The molecule has 0 aliphatic carbocycles. The third-order valence-electron chi connectivity index (χ3n) is 3.06. The molecule has 6 heteroatoms. The van der Waals surface area contributed by atoms with E-state index in [1.165, 1.54) is 0 Å². The van der Waals surface area contributed by atoms with E-state index in [2.05, 4.69) is 9.71 Å². The number of benzene rings is 1. The Balaban J connectivity index is 1.95. The first-order valence-electron chi connectivity index (χ1n) is 6.70. The second-order valence-electron chi connectivity index (χ2n) is 4.63. The van der Waals surface area contributed by atoms with Gasteiger partial charge in [0.1, 0.15) is 0 Å². The first-order valence-corrected chi connectivity index (χ1v) is 8.18. The number of hydrogen-bond donors (Lipinski definition) is 2. The highest BCUT2D eigenvalue weighted by molar-refractivity contribution is 7.89. The summed E-state index contributed by atoms with van der Waals surface area (Å²) in [6.45, 7) is 0.377. The van der Waals surface area contributed by atoms with Crippen LogP contribution in [0.5, 0.6) is 0 Å². The van der Waals surface area contributed by atoms with E-state index in [-0.39, 0.29) is 11.5 Å². The predicted molar refractivity (Wildman–Crippen MR) is 80.4 cm³/mol. The van der Waals surface area contributed by atoms with Gasteiger partial charge in [-0.2, -0.15) is 0 Å². The lowest BCUT2D eigenvalue weighted by Crippen LogP contribution is -2.26. The molecule has 0 radical (unpaired) electrons. The maximum Gasteiger partial charge on any atom is 0.240 e. The highest BCUT2D eigenvalue weighted by Crippen LogP contribution is 2.11. The van der Waals surface area contributed by atoms with Crippen LogP contribution in [-0.4, -0.2) is 31.7 Å². The number of hydrogen-bond acceptors (Lipinski definition) is 4. The molecule has 2 rings (SSSR count). The van der Waals surface area contributed by atoms with E-state index in [1.807, 2.05) is 12.1 Å². The summed E-state index contributed by atoms with van der Waals surface area (Å²) in [7, 11) is -3.50. The summed E-state index contributed by atoms with van der Waals surface area (Å²) in [4.78, 5) is 4.22. The first-order chi connectivity index (χ1) is 10.1. The first kappa shape index (κ1) is 15.6. The van der Waals surface area contributed by atoms with Crippen LogP contribution in [0.2, 0.25) is 0 Å². The fourth-order valence-corrected chi connectivity index (χ4v) is 2.96. The van der Waals surface area contributed by atoms with Gasteiger partial charge in [-0.1, -0.05) is 18.2 Å². The monoisotopic (exact) mass is 306 g/mol. The summed E-state index contributed by atoms with van der Waals surface area (Å²) in [5, 5.41) is 8.84. The molecule has 0 spiro atoms. The second kappa shape index (κ2) is 7.31. The van der Waals surface area contributed by atoms with Crippen molar-refractivity contribution in [3.63, 3.8) is 0 Å². The van der Waals surface area contributed by atoms with Crippen molar-refractivity contribution in [2.24, 2.45) is 0 Å². The Bertz CT molecular complexity index is 655. The fraction of sp³-hybridized carbons (Fsp3) is 0.267. The minimum atomic E-state index is -3.50. The molecule has 0 saturated heterocycles. The van der Waals surface area contributed by atoms with Gasteiger partial charge >= 0.3 is 0 Å². The van der Waals surface area contributed by atoms with Crippen molar-refractivity contribution in [2.45, 2.75) is 17.7 Å². The fourth-order valence-electron chi connectivity index (χ4n) is 1.92. The predicted octanol–water partition coefficient (Wildman–Crippen LogP) is 1.14. The lowest BCUT2D eigenvalue weighted by Gasteiger charge is -2.07. The van der Waals surface area contributed by atoms with Crippen LogP contribution in [-0.2, 0) is 22.9 Å². The lowest BCUT2D eigenvalue weighted by atomic mass is 10.2. The third kappa shape index (κ3) is 4.63. The summed E-state index contributed by atoms with van der Waals surface area (Å²) in [5.41, 5.74) is 1.89. The van der Waals surface area contributed by atoms with Gasteiger partial charge in [0.25, 0.3) is 0 Å². The number of pyridine rings is 1. The van der Waals surface area contributed by atoms with Gasteiger partial charge in [0.2, 0.25) is 10.0 Å². The number of aromatic nitrogens is 1. The molecule has 0 atom stereocenters. The lowest BCUT2D eigenvalue weighted by molar-refractivity contribution is 0.299. The molecule has 0 saturated carbocycles. The van der Waals surface area contributed by atoms with Gasteiger partial charge in [-0.3, -0.25) is 4.98 Å². The average molecular weight is 306 g/mol. The minimum Gasteiger partial charge on any atom is -0.396 e. The number of rotatable bonds is 7. The maximum absolute atomic E-state index is 12.1. The van der Waals surface area contributed by atoms with Crippen LogP contribution in [0.25, 0.3) is 0 Å². The zero-order valence-electron chi connectivity index (χ0n) is 11.6. The molecule has 0 aliphatic rings. The van der Waals surface area contributed by atoms with Crippen LogP contribution >= 0.6 is 0 Å². The Kier molecular flexibility index (Phi) is 5.44. The molecule has 21 heavy (non-hydrogen) atoms. The molecular formula is C15H18N2O3S. The van der Waals surface area contributed by atoms with Crippen LogP contribution in [0.1, 0.15) is 11.1 Å². The van der Waals surface area contributed by atoms with Crippen molar-refractivity contribution in [3.8, 4) is 0 Å². The Hall–Kier alpha value is -1.76. The maximum atomic E-state index is 12.1. The van der Waals surface area contributed by atoms with Gasteiger partial charge in [0, 0.05) is 25.5 Å².